The Morgan fingerprint density at radius 3 is 2.58 bits per heavy atom. The zero-order valence-corrected chi connectivity index (χ0v) is 14.4. The molecular formula is C15H15N3O4S2. The number of carbonyl (C=O) groups excluding carboxylic acids is 2. The minimum atomic E-state index is -3.32. The van der Waals surface area contributed by atoms with Crippen molar-refractivity contribution in [2.75, 3.05) is 17.1 Å². The molecule has 126 valence electrons. The van der Waals surface area contributed by atoms with Gasteiger partial charge in [-0.25, -0.2) is 8.42 Å². The topological polar surface area (TPSA) is 95.6 Å². The lowest BCUT2D eigenvalue weighted by molar-refractivity contribution is 0.0849. The first-order valence-electron chi connectivity index (χ1n) is 7.11. The van der Waals surface area contributed by atoms with Gasteiger partial charge >= 0.3 is 0 Å². The molecule has 2 aromatic rings. The van der Waals surface area contributed by atoms with Crippen LogP contribution in [0.1, 0.15) is 25.6 Å². The number of sulfonamides is 1. The minimum Gasteiger partial charge on any atom is -0.270 e. The van der Waals surface area contributed by atoms with E-state index in [-0.39, 0.29) is 5.91 Å². The summed E-state index contributed by atoms with van der Waals surface area (Å²) >= 11 is 1.27. The number of rotatable bonds is 3. The van der Waals surface area contributed by atoms with Gasteiger partial charge in [-0.2, -0.15) is 0 Å². The Balaban J connectivity index is 1.70. The SMILES string of the molecule is CS(=O)(=O)N1CCc2cc(C(=O)NNC(=O)c3cccs3)ccc21. The van der Waals surface area contributed by atoms with Crippen LogP contribution in [0.5, 0.6) is 0 Å². The van der Waals surface area contributed by atoms with Crippen molar-refractivity contribution in [2.24, 2.45) is 0 Å². The van der Waals surface area contributed by atoms with Crippen LogP contribution < -0.4 is 15.2 Å². The van der Waals surface area contributed by atoms with Crippen LogP contribution in [-0.4, -0.2) is 33.0 Å². The van der Waals surface area contributed by atoms with Crippen LogP contribution in [0.3, 0.4) is 0 Å². The van der Waals surface area contributed by atoms with E-state index >= 15 is 0 Å². The van der Waals surface area contributed by atoms with E-state index in [1.807, 2.05) is 0 Å². The fourth-order valence-corrected chi connectivity index (χ4v) is 4.09. The van der Waals surface area contributed by atoms with Crippen LogP contribution in [0.25, 0.3) is 0 Å². The molecule has 0 atom stereocenters. The highest BCUT2D eigenvalue weighted by atomic mass is 32.2. The van der Waals surface area contributed by atoms with E-state index in [1.54, 1.807) is 29.6 Å². The number of benzene rings is 1. The molecule has 9 heteroatoms. The van der Waals surface area contributed by atoms with Gasteiger partial charge in [0, 0.05) is 12.1 Å². The standard InChI is InChI=1S/C15H15N3O4S2/c1-24(21,22)18-7-6-10-9-11(4-5-12(10)18)14(19)16-17-15(20)13-3-2-8-23-13/h2-5,8-9H,6-7H2,1H3,(H,16,19)(H,17,20). The lowest BCUT2D eigenvalue weighted by Crippen LogP contribution is -2.41. The number of amides is 2. The summed E-state index contributed by atoms with van der Waals surface area (Å²) in [6, 6.07) is 8.19. The summed E-state index contributed by atoms with van der Waals surface area (Å²) in [5, 5.41) is 1.77. The van der Waals surface area contributed by atoms with Crippen molar-refractivity contribution in [1.29, 1.82) is 0 Å². The lowest BCUT2D eigenvalue weighted by atomic mass is 10.1. The molecule has 1 aliphatic heterocycles. The summed E-state index contributed by atoms with van der Waals surface area (Å²) in [4.78, 5) is 24.4. The maximum Gasteiger partial charge on any atom is 0.279 e. The number of carbonyl (C=O) groups is 2. The lowest BCUT2D eigenvalue weighted by Gasteiger charge is -2.16. The largest absolute Gasteiger partial charge is 0.279 e. The highest BCUT2D eigenvalue weighted by Crippen LogP contribution is 2.30. The number of nitrogens with zero attached hydrogens (tertiary/aromatic N) is 1. The molecule has 1 aromatic heterocycles. The molecule has 0 unspecified atom stereocenters. The summed E-state index contributed by atoms with van der Waals surface area (Å²) < 4.78 is 24.7. The molecule has 0 fully saturated rings. The molecule has 0 aliphatic carbocycles. The fourth-order valence-electron chi connectivity index (χ4n) is 2.51. The first-order valence-corrected chi connectivity index (χ1v) is 9.84. The second kappa shape index (κ2) is 6.25. The molecule has 24 heavy (non-hydrogen) atoms. The maximum atomic E-state index is 12.1. The molecule has 2 amide bonds. The van der Waals surface area contributed by atoms with Crippen molar-refractivity contribution in [3.63, 3.8) is 0 Å². The number of anilines is 1. The van der Waals surface area contributed by atoms with Crippen molar-refractivity contribution in [2.45, 2.75) is 6.42 Å². The predicted molar refractivity (Wildman–Crippen MR) is 91.6 cm³/mol. The third kappa shape index (κ3) is 3.26. The van der Waals surface area contributed by atoms with Gasteiger partial charge in [0.15, 0.2) is 0 Å². The van der Waals surface area contributed by atoms with Crippen LogP contribution in [0.2, 0.25) is 0 Å². The van der Waals surface area contributed by atoms with Crippen molar-refractivity contribution >= 4 is 38.9 Å². The average molecular weight is 365 g/mol. The van der Waals surface area contributed by atoms with E-state index in [4.69, 9.17) is 0 Å². The quantitative estimate of drug-likeness (QED) is 0.798. The maximum absolute atomic E-state index is 12.1. The van der Waals surface area contributed by atoms with Crippen LogP contribution in [0, 0.1) is 0 Å². The highest BCUT2D eigenvalue weighted by Gasteiger charge is 2.26. The Kier molecular flexibility index (Phi) is 4.29. The van der Waals surface area contributed by atoms with Crippen molar-refractivity contribution < 1.29 is 18.0 Å². The monoisotopic (exact) mass is 365 g/mol. The molecule has 0 spiro atoms. The van der Waals surface area contributed by atoms with E-state index in [0.717, 1.165) is 11.8 Å². The molecule has 2 heterocycles. The summed E-state index contributed by atoms with van der Waals surface area (Å²) in [6.45, 7) is 0.369. The minimum absolute atomic E-state index is 0.357. The second-order valence-corrected chi connectivity index (χ2v) is 8.17. The van der Waals surface area contributed by atoms with Crippen LogP contribution in [0.15, 0.2) is 35.7 Å². The third-order valence-corrected chi connectivity index (χ3v) is 5.68. The van der Waals surface area contributed by atoms with Crippen LogP contribution >= 0.6 is 11.3 Å². The first kappa shape index (κ1) is 16.5. The van der Waals surface area contributed by atoms with Gasteiger partial charge in [-0.1, -0.05) is 6.07 Å². The smallest absolute Gasteiger partial charge is 0.270 e. The molecule has 1 aromatic carbocycles. The molecule has 0 saturated heterocycles. The Hall–Kier alpha value is -2.39. The first-order chi connectivity index (χ1) is 11.4. The van der Waals surface area contributed by atoms with Gasteiger partial charge in [-0.15, -0.1) is 11.3 Å². The third-order valence-electron chi connectivity index (χ3n) is 3.63. The van der Waals surface area contributed by atoms with Gasteiger partial charge in [0.1, 0.15) is 0 Å². The molecule has 2 N–H and O–H groups in total. The average Bonchev–Trinajstić information content (AvgIpc) is 3.19. The fraction of sp³-hybridized carbons (Fsp3) is 0.200. The number of hydrogen-bond donors (Lipinski definition) is 2. The molecule has 3 rings (SSSR count). The molecule has 1 aliphatic rings. The van der Waals surface area contributed by atoms with E-state index in [1.165, 1.54) is 21.7 Å². The Labute approximate surface area is 143 Å². The highest BCUT2D eigenvalue weighted by molar-refractivity contribution is 7.92. The Bertz CT molecular complexity index is 891. The van der Waals surface area contributed by atoms with Crippen molar-refractivity contribution in [3.05, 3.63) is 51.7 Å². The number of hydrogen-bond acceptors (Lipinski definition) is 5. The summed E-state index contributed by atoms with van der Waals surface area (Å²) in [5.74, 6) is -0.844. The Morgan fingerprint density at radius 2 is 1.92 bits per heavy atom. The van der Waals surface area contributed by atoms with E-state index < -0.39 is 15.9 Å². The number of thiophene rings is 1. The van der Waals surface area contributed by atoms with E-state index in [2.05, 4.69) is 10.9 Å². The van der Waals surface area contributed by atoms with Gasteiger partial charge in [0.25, 0.3) is 11.8 Å². The summed E-state index contributed by atoms with van der Waals surface area (Å²) in [6.07, 6.45) is 1.70. The van der Waals surface area contributed by atoms with E-state index in [0.29, 0.717) is 29.1 Å². The van der Waals surface area contributed by atoms with Gasteiger partial charge in [-0.3, -0.25) is 24.7 Å². The zero-order valence-electron chi connectivity index (χ0n) is 12.8. The van der Waals surface area contributed by atoms with Gasteiger partial charge in [-0.05, 0) is 41.6 Å². The normalized spacial score (nSPS) is 13.5. The predicted octanol–water partition coefficient (Wildman–Crippen LogP) is 1.14. The molecule has 7 nitrogen and oxygen atoms in total. The molecule has 0 bridgehead atoms. The number of fused-ring (bicyclic) bond motifs is 1. The molecular weight excluding hydrogens is 350 g/mol. The van der Waals surface area contributed by atoms with E-state index in [9.17, 15) is 18.0 Å². The Morgan fingerprint density at radius 1 is 1.17 bits per heavy atom. The zero-order chi connectivity index (χ0) is 17.3. The molecule has 0 saturated carbocycles. The summed E-state index contributed by atoms with van der Waals surface area (Å²) in [5.41, 5.74) is 6.45. The van der Waals surface area contributed by atoms with Crippen LogP contribution in [0.4, 0.5) is 5.69 Å². The van der Waals surface area contributed by atoms with Gasteiger partial charge in [0.2, 0.25) is 10.0 Å². The second-order valence-electron chi connectivity index (χ2n) is 5.31. The van der Waals surface area contributed by atoms with Gasteiger partial charge < -0.3 is 0 Å². The van der Waals surface area contributed by atoms with Crippen LogP contribution in [-0.2, 0) is 16.4 Å². The number of hydrazine groups is 1. The summed E-state index contributed by atoms with van der Waals surface area (Å²) in [7, 11) is -3.32. The van der Waals surface area contributed by atoms with Crippen molar-refractivity contribution in [1.82, 2.24) is 10.9 Å². The van der Waals surface area contributed by atoms with Crippen molar-refractivity contribution in [3.8, 4) is 0 Å². The number of nitrogens with one attached hydrogen (secondary N) is 2. The van der Waals surface area contributed by atoms with Gasteiger partial charge in [0.05, 0.1) is 16.8 Å². The molecule has 0 radical (unpaired) electrons.